The number of nitrogens with two attached hydrogens (primary N) is 1. The lowest BCUT2D eigenvalue weighted by atomic mass is 10.2. The Bertz CT molecular complexity index is 705. The average molecular weight is 259 g/mol. The summed E-state index contributed by atoms with van der Waals surface area (Å²) in [4.78, 5) is 4.29. The van der Waals surface area contributed by atoms with Crippen molar-refractivity contribution < 1.29 is 0 Å². The highest BCUT2D eigenvalue weighted by Gasteiger charge is 2.07. The maximum atomic E-state index is 6.00. The van der Waals surface area contributed by atoms with Crippen LogP contribution in [0.3, 0.4) is 0 Å². The Morgan fingerprint density at radius 2 is 2.06 bits per heavy atom. The number of aromatic nitrogens is 3. The maximum absolute atomic E-state index is 6.00. The lowest BCUT2D eigenvalue weighted by Gasteiger charge is -2.06. The highest BCUT2D eigenvalue weighted by molar-refractivity contribution is 6.31. The van der Waals surface area contributed by atoms with Gasteiger partial charge in [-0.2, -0.15) is 5.10 Å². The zero-order chi connectivity index (χ0) is 12.5. The molecule has 0 saturated carbocycles. The molecular formula is C13H11ClN4. The van der Waals surface area contributed by atoms with Crippen LogP contribution in [0.4, 0.5) is 0 Å². The Labute approximate surface area is 109 Å². The number of fused-ring (bicyclic) bond motifs is 1. The summed E-state index contributed by atoms with van der Waals surface area (Å²) < 4.78 is 1.78. The second kappa shape index (κ2) is 4.40. The highest BCUT2D eigenvalue weighted by Crippen LogP contribution is 2.20. The molecule has 0 atom stereocenters. The van der Waals surface area contributed by atoms with E-state index in [0.717, 1.165) is 22.3 Å². The predicted octanol–water partition coefficient (Wildman–Crippen LogP) is 2.53. The number of halogens is 1. The minimum absolute atomic E-state index is 0.382. The van der Waals surface area contributed by atoms with Crippen molar-refractivity contribution in [2.75, 3.05) is 0 Å². The quantitative estimate of drug-likeness (QED) is 0.768. The van der Waals surface area contributed by atoms with E-state index in [2.05, 4.69) is 10.1 Å². The number of nitrogens with zero attached hydrogens (tertiary/aromatic N) is 3. The van der Waals surface area contributed by atoms with E-state index in [1.807, 2.05) is 36.5 Å². The molecule has 1 aromatic carbocycles. The van der Waals surface area contributed by atoms with Crippen LogP contribution >= 0.6 is 11.6 Å². The molecule has 0 aliphatic rings. The van der Waals surface area contributed by atoms with Gasteiger partial charge in [0, 0.05) is 18.1 Å². The minimum Gasteiger partial charge on any atom is -0.326 e. The van der Waals surface area contributed by atoms with Gasteiger partial charge in [0.05, 0.1) is 16.7 Å². The van der Waals surface area contributed by atoms with E-state index in [-0.39, 0.29) is 0 Å². The number of benzene rings is 1. The molecule has 0 saturated heterocycles. The molecule has 0 amide bonds. The monoisotopic (exact) mass is 258 g/mol. The number of hydrogen-bond donors (Lipinski definition) is 1. The fourth-order valence-electron chi connectivity index (χ4n) is 1.89. The Morgan fingerprint density at radius 1 is 1.22 bits per heavy atom. The molecule has 90 valence electrons. The molecule has 4 nitrogen and oxygen atoms in total. The van der Waals surface area contributed by atoms with E-state index < -0.39 is 0 Å². The summed E-state index contributed by atoms with van der Waals surface area (Å²) in [5.41, 5.74) is 7.52. The van der Waals surface area contributed by atoms with Gasteiger partial charge in [-0.1, -0.05) is 29.8 Å². The molecule has 0 aliphatic carbocycles. The molecule has 2 aromatic heterocycles. The largest absolute Gasteiger partial charge is 0.326 e. The van der Waals surface area contributed by atoms with Crippen LogP contribution in [0, 0.1) is 0 Å². The fourth-order valence-corrected chi connectivity index (χ4v) is 2.07. The van der Waals surface area contributed by atoms with Crippen molar-refractivity contribution in [2.45, 2.75) is 6.54 Å². The molecule has 0 fully saturated rings. The van der Waals surface area contributed by atoms with Crippen LogP contribution in [-0.2, 0) is 6.54 Å². The second-order valence-electron chi connectivity index (χ2n) is 3.95. The van der Waals surface area contributed by atoms with Gasteiger partial charge in [0.25, 0.3) is 0 Å². The summed E-state index contributed by atoms with van der Waals surface area (Å²) >= 11 is 6.00. The Kier molecular flexibility index (Phi) is 2.74. The van der Waals surface area contributed by atoms with Gasteiger partial charge in [0.15, 0.2) is 5.82 Å². The zero-order valence-electron chi connectivity index (χ0n) is 9.55. The van der Waals surface area contributed by atoms with Crippen LogP contribution in [0.2, 0.25) is 5.02 Å². The molecule has 0 bridgehead atoms. The third kappa shape index (κ3) is 1.75. The molecule has 0 spiro atoms. The molecule has 18 heavy (non-hydrogen) atoms. The molecule has 2 N–H and O–H groups in total. The van der Waals surface area contributed by atoms with Gasteiger partial charge in [0.1, 0.15) is 0 Å². The first-order valence-electron chi connectivity index (χ1n) is 5.57. The van der Waals surface area contributed by atoms with Crippen molar-refractivity contribution in [3.8, 4) is 5.82 Å². The van der Waals surface area contributed by atoms with E-state index in [0.29, 0.717) is 11.6 Å². The summed E-state index contributed by atoms with van der Waals surface area (Å²) in [7, 11) is 0. The van der Waals surface area contributed by atoms with Crippen LogP contribution in [0.15, 0.2) is 42.7 Å². The third-order valence-electron chi connectivity index (χ3n) is 2.83. The smallest absolute Gasteiger partial charge is 0.154 e. The van der Waals surface area contributed by atoms with Crippen molar-refractivity contribution >= 4 is 22.5 Å². The highest BCUT2D eigenvalue weighted by atomic mass is 35.5. The Hall–Kier alpha value is -1.91. The lowest BCUT2D eigenvalue weighted by molar-refractivity contribution is 0.868. The number of rotatable bonds is 2. The van der Waals surface area contributed by atoms with Crippen LogP contribution in [0.25, 0.3) is 16.7 Å². The van der Waals surface area contributed by atoms with Crippen LogP contribution in [-0.4, -0.2) is 14.8 Å². The van der Waals surface area contributed by atoms with Gasteiger partial charge in [-0.25, -0.2) is 9.67 Å². The molecule has 3 aromatic rings. The Morgan fingerprint density at radius 3 is 2.89 bits per heavy atom. The summed E-state index contributed by atoms with van der Waals surface area (Å²) in [6, 6.07) is 9.83. The first-order chi connectivity index (χ1) is 8.79. The van der Waals surface area contributed by atoms with E-state index in [4.69, 9.17) is 17.3 Å². The van der Waals surface area contributed by atoms with E-state index in [9.17, 15) is 0 Å². The van der Waals surface area contributed by atoms with E-state index in [1.54, 1.807) is 10.9 Å². The van der Waals surface area contributed by atoms with Gasteiger partial charge < -0.3 is 5.73 Å². The first-order valence-corrected chi connectivity index (χ1v) is 5.95. The van der Waals surface area contributed by atoms with Crippen LogP contribution in [0.5, 0.6) is 0 Å². The predicted molar refractivity (Wildman–Crippen MR) is 71.8 cm³/mol. The van der Waals surface area contributed by atoms with Gasteiger partial charge in [-0.3, -0.25) is 0 Å². The second-order valence-corrected chi connectivity index (χ2v) is 4.36. The Balaban J connectivity index is 2.20. The molecule has 2 heterocycles. The molecule has 0 unspecified atom stereocenters. The van der Waals surface area contributed by atoms with E-state index in [1.165, 1.54) is 0 Å². The molecule has 5 heteroatoms. The fraction of sp³-hybridized carbons (Fsp3) is 0.0769. The third-order valence-corrected chi connectivity index (χ3v) is 3.17. The normalized spacial score (nSPS) is 11.0. The SMILES string of the molecule is NCc1cc(-n2ncc3ccccc32)ncc1Cl. The standard InChI is InChI=1S/C13H11ClN4/c14-11-8-16-13(5-10(11)6-15)18-12-4-2-1-3-9(12)7-17-18/h1-5,7-8H,6,15H2. The topological polar surface area (TPSA) is 56.7 Å². The molecule has 0 radical (unpaired) electrons. The summed E-state index contributed by atoms with van der Waals surface area (Å²) in [5.74, 6) is 0.723. The maximum Gasteiger partial charge on any atom is 0.154 e. The van der Waals surface area contributed by atoms with Gasteiger partial charge in [0.2, 0.25) is 0 Å². The average Bonchev–Trinajstić information content (AvgIpc) is 2.83. The molecular weight excluding hydrogens is 248 g/mol. The number of hydrogen-bond acceptors (Lipinski definition) is 3. The van der Waals surface area contributed by atoms with Crippen LogP contribution in [0.1, 0.15) is 5.56 Å². The van der Waals surface area contributed by atoms with Crippen molar-refractivity contribution in [2.24, 2.45) is 5.73 Å². The summed E-state index contributed by atoms with van der Waals surface area (Å²) in [5, 5.41) is 5.99. The number of para-hydroxylation sites is 1. The first kappa shape index (κ1) is 11.2. The summed E-state index contributed by atoms with van der Waals surface area (Å²) in [6.07, 6.45) is 3.42. The molecule has 3 rings (SSSR count). The van der Waals surface area contributed by atoms with Crippen LogP contribution < -0.4 is 5.73 Å². The number of pyridine rings is 1. The van der Waals surface area contributed by atoms with Crippen molar-refractivity contribution in [3.63, 3.8) is 0 Å². The van der Waals surface area contributed by atoms with Gasteiger partial charge >= 0.3 is 0 Å². The van der Waals surface area contributed by atoms with E-state index >= 15 is 0 Å². The van der Waals surface area contributed by atoms with Gasteiger partial charge in [-0.05, 0) is 17.7 Å². The van der Waals surface area contributed by atoms with Crippen molar-refractivity contribution in [3.05, 3.63) is 53.3 Å². The molecule has 0 aliphatic heterocycles. The van der Waals surface area contributed by atoms with Crippen molar-refractivity contribution in [1.82, 2.24) is 14.8 Å². The minimum atomic E-state index is 0.382. The zero-order valence-corrected chi connectivity index (χ0v) is 10.3. The van der Waals surface area contributed by atoms with Crippen molar-refractivity contribution in [1.29, 1.82) is 0 Å². The van der Waals surface area contributed by atoms with Gasteiger partial charge in [-0.15, -0.1) is 0 Å². The lowest BCUT2D eigenvalue weighted by Crippen LogP contribution is -2.03. The summed E-state index contributed by atoms with van der Waals surface area (Å²) in [6.45, 7) is 0.382.